The van der Waals surface area contributed by atoms with E-state index in [1.54, 1.807) is 36.4 Å². The van der Waals surface area contributed by atoms with Crippen LogP contribution in [0.15, 0.2) is 53.4 Å². The monoisotopic (exact) mass is 417 g/mol. The molecule has 1 aliphatic heterocycles. The predicted molar refractivity (Wildman–Crippen MR) is 107 cm³/mol. The number of benzene rings is 2. The normalized spacial score (nSPS) is 15.2. The maximum absolute atomic E-state index is 12.3. The minimum absolute atomic E-state index is 0.249. The number of hydrogen-bond donors (Lipinski definition) is 0. The standard InChI is InChI=1S/C20H16ClNO5S/c1-26-18(23)11-22-19(24)17(28-20(22)25)10-13-6-8-15(9-7-13)27-12-14-4-2-3-5-16(14)21/h2-10H,11-12H2,1H3/b17-10+. The summed E-state index contributed by atoms with van der Waals surface area (Å²) in [5.41, 5.74) is 1.61. The number of rotatable bonds is 6. The smallest absolute Gasteiger partial charge is 0.325 e. The van der Waals surface area contributed by atoms with Crippen LogP contribution in [0.3, 0.4) is 0 Å². The number of carbonyl (C=O) groups is 3. The van der Waals surface area contributed by atoms with Gasteiger partial charge in [0.25, 0.3) is 11.1 Å². The molecular formula is C20H16ClNO5S. The molecule has 1 heterocycles. The van der Waals surface area contributed by atoms with E-state index < -0.39 is 23.7 Å². The lowest BCUT2D eigenvalue weighted by molar-refractivity contribution is -0.143. The van der Waals surface area contributed by atoms with E-state index >= 15 is 0 Å². The number of esters is 1. The van der Waals surface area contributed by atoms with E-state index in [2.05, 4.69) is 4.74 Å². The Morgan fingerprint density at radius 2 is 1.86 bits per heavy atom. The summed E-state index contributed by atoms with van der Waals surface area (Å²) in [6.07, 6.45) is 1.60. The highest BCUT2D eigenvalue weighted by Crippen LogP contribution is 2.32. The van der Waals surface area contributed by atoms with Crippen molar-refractivity contribution in [2.75, 3.05) is 13.7 Å². The van der Waals surface area contributed by atoms with Crippen LogP contribution in [-0.4, -0.2) is 35.7 Å². The quantitative estimate of drug-likeness (QED) is 0.519. The minimum Gasteiger partial charge on any atom is -0.489 e. The Morgan fingerprint density at radius 3 is 2.54 bits per heavy atom. The summed E-state index contributed by atoms with van der Waals surface area (Å²) in [6, 6.07) is 14.5. The van der Waals surface area contributed by atoms with Crippen LogP contribution in [0, 0.1) is 0 Å². The van der Waals surface area contributed by atoms with Crippen molar-refractivity contribution >= 4 is 46.6 Å². The van der Waals surface area contributed by atoms with Crippen molar-refractivity contribution in [1.29, 1.82) is 0 Å². The number of imide groups is 1. The zero-order valence-electron chi connectivity index (χ0n) is 14.9. The second kappa shape index (κ2) is 8.95. The second-order valence-corrected chi connectivity index (χ2v) is 7.19. The minimum atomic E-state index is -0.649. The topological polar surface area (TPSA) is 72.9 Å². The number of hydrogen-bond acceptors (Lipinski definition) is 6. The first kappa shape index (κ1) is 20.0. The Hall–Kier alpha value is -2.77. The third kappa shape index (κ3) is 4.74. The van der Waals surface area contributed by atoms with Gasteiger partial charge in [0, 0.05) is 10.6 Å². The van der Waals surface area contributed by atoms with Gasteiger partial charge in [-0.3, -0.25) is 19.3 Å². The van der Waals surface area contributed by atoms with Gasteiger partial charge in [-0.05, 0) is 41.6 Å². The number of thioether (sulfide) groups is 1. The molecule has 0 radical (unpaired) electrons. The van der Waals surface area contributed by atoms with Crippen molar-refractivity contribution in [2.24, 2.45) is 0 Å². The first-order chi connectivity index (χ1) is 13.5. The highest BCUT2D eigenvalue weighted by atomic mass is 35.5. The SMILES string of the molecule is COC(=O)CN1C(=O)S/C(=C/c2ccc(OCc3ccccc3Cl)cc2)C1=O. The number of nitrogens with zero attached hydrogens (tertiary/aromatic N) is 1. The summed E-state index contributed by atoms with van der Waals surface area (Å²) < 4.78 is 10.2. The molecule has 6 nitrogen and oxygen atoms in total. The van der Waals surface area contributed by atoms with Crippen molar-refractivity contribution in [3.63, 3.8) is 0 Å². The van der Waals surface area contributed by atoms with Crippen molar-refractivity contribution in [3.8, 4) is 5.75 Å². The molecule has 0 aromatic heterocycles. The van der Waals surface area contributed by atoms with Gasteiger partial charge in [-0.1, -0.05) is 41.9 Å². The lowest BCUT2D eigenvalue weighted by Gasteiger charge is -2.09. The van der Waals surface area contributed by atoms with Gasteiger partial charge in [0.2, 0.25) is 0 Å². The van der Waals surface area contributed by atoms with Crippen molar-refractivity contribution < 1.29 is 23.9 Å². The van der Waals surface area contributed by atoms with E-state index in [1.165, 1.54) is 7.11 Å². The van der Waals surface area contributed by atoms with Gasteiger partial charge >= 0.3 is 5.97 Å². The molecule has 1 aliphatic rings. The van der Waals surface area contributed by atoms with E-state index in [0.29, 0.717) is 17.4 Å². The molecule has 0 N–H and O–H groups in total. The predicted octanol–water partition coefficient (Wildman–Crippen LogP) is 4.13. The second-order valence-electron chi connectivity index (χ2n) is 5.79. The third-order valence-corrected chi connectivity index (χ3v) is 5.19. The molecule has 0 atom stereocenters. The number of halogens is 1. The molecule has 0 bridgehead atoms. The van der Waals surface area contributed by atoms with Crippen molar-refractivity contribution in [2.45, 2.75) is 6.61 Å². The van der Waals surface area contributed by atoms with Gasteiger partial charge in [-0.15, -0.1) is 0 Å². The van der Waals surface area contributed by atoms with E-state index in [9.17, 15) is 14.4 Å². The maximum Gasteiger partial charge on any atom is 0.325 e. The fraction of sp³-hybridized carbons (Fsp3) is 0.150. The number of methoxy groups -OCH3 is 1. The molecule has 1 saturated heterocycles. The molecule has 28 heavy (non-hydrogen) atoms. The maximum atomic E-state index is 12.3. The first-order valence-corrected chi connectivity index (χ1v) is 9.46. The van der Waals surface area contributed by atoms with E-state index in [-0.39, 0.29) is 4.91 Å². The van der Waals surface area contributed by atoms with Gasteiger partial charge < -0.3 is 9.47 Å². The molecular weight excluding hydrogens is 402 g/mol. The van der Waals surface area contributed by atoms with Crippen LogP contribution in [0.25, 0.3) is 6.08 Å². The van der Waals surface area contributed by atoms with Gasteiger partial charge in [0.1, 0.15) is 18.9 Å². The lowest BCUT2D eigenvalue weighted by Crippen LogP contribution is -2.34. The first-order valence-electron chi connectivity index (χ1n) is 8.26. The Morgan fingerprint density at radius 1 is 1.14 bits per heavy atom. The van der Waals surface area contributed by atoms with Crippen LogP contribution in [0.1, 0.15) is 11.1 Å². The Labute approximate surface area is 171 Å². The molecule has 0 unspecified atom stereocenters. The molecule has 0 spiro atoms. The van der Waals surface area contributed by atoms with Crippen LogP contribution >= 0.6 is 23.4 Å². The average molecular weight is 418 g/mol. The molecule has 144 valence electrons. The Kier molecular flexibility index (Phi) is 6.38. The van der Waals surface area contributed by atoms with Crippen LogP contribution in [0.4, 0.5) is 4.79 Å². The zero-order chi connectivity index (χ0) is 20.1. The molecule has 2 aromatic carbocycles. The van der Waals surface area contributed by atoms with Gasteiger partial charge in [0.15, 0.2) is 0 Å². The summed E-state index contributed by atoms with van der Waals surface area (Å²) in [5.74, 6) is -0.515. The van der Waals surface area contributed by atoms with Crippen molar-refractivity contribution in [3.05, 3.63) is 69.6 Å². The highest BCUT2D eigenvalue weighted by molar-refractivity contribution is 8.18. The van der Waals surface area contributed by atoms with E-state index in [4.69, 9.17) is 16.3 Å². The number of amides is 2. The average Bonchev–Trinajstić information content (AvgIpc) is 2.95. The molecule has 3 rings (SSSR count). The van der Waals surface area contributed by atoms with Gasteiger partial charge in [-0.25, -0.2) is 0 Å². The van der Waals surface area contributed by atoms with Crippen LogP contribution < -0.4 is 4.74 Å². The highest BCUT2D eigenvalue weighted by Gasteiger charge is 2.36. The molecule has 2 amide bonds. The zero-order valence-corrected chi connectivity index (χ0v) is 16.5. The fourth-order valence-corrected chi connectivity index (χ4v) is 3.45. The van der Waals surface area contributed by atoms with Gasteiger partial charge in [0.05, 0.1) is 12.0 Å². The summed E-state index contributed by atoms with van der Waals surface area (Å²) in [6.45, 7) is -0.0568. The Bertz CT molecular complexity index is 942. The Balaban J connectivity index is 1.65. The van der Waals surface area contributed by atoms with Gasteiger partial charge in [-0.2, -0.15) is 0 Å². The molecule has 8 heteroatoms. The molecule has 1 fully saturated rings. The summed E-state index contributed by atoms with van der Waals surface area (Å²) in [7, 11) is 1.20. The van der Waals surface area contributed by atoms with E-state index in [1.807, 2.05) is 18.2 Å². The fourth-order valence-electron chi connectivity index (χ4n) is 2.42. The third-order valence-electron chi connectivity index (χ3n) is 3.92. The summed E-state index contributed by atoms with van der Waals surface area (Å²) in [5, 5.41) is 0.142. The number of ether oxygens (including phenoxy) is 2. The summed E-state index contributed by atoms with van der Waals surface area (Å²) >= 11 is 6.89. The largest absolute Gasteiger partial charge is 0.489 e. The number of carbonyl (C=O) groups excluding carboxylic acids is 3. The molecule has 0 aliphatic carbocycles. The van der Waals surface area contributed by atoms with Crippen molar-refractivity contribution in [1.82, 2.24) is 4.90 Å². The molecule has 2 aromatic rings. The summed E-state index contributed by atoms with van der Waals surface area (Å²) in [4.78, 5) is 36.7. The lowest BCUT2D eigenvalue weighted by atomic mass is 10.2. The molecule has 0 saturated carbocycles. The van der Waals surface area contributed by atoms with Crippen LogP contribution in [0.2, 0.25) is 5.02 Å². The van der Waals surface area contributed by atoms with E-state index in [0.717, 1.165) is 27.8 Å². The van der Waals surface area contributed by atoms with Crippen LogP contribution in [0.5, 0.6) is 5.75 Å². The van der Waals surface area contributed by atoms with Crippen LogP contribution in [-0.2, 0) is 20.9 Å².